The predicted molar refractivity (Wildman–Crippen MR) is 80.0 cm³/mol. The minimum Gasteiger partial charge on any atom is -0.384 e. The van der Waals surface area contributed by atoms with Crippen LogP contribution >= 0.6 is 0 Å². The zero-order valence-electron chi connectivity index (χ0n) is 12.3. The van der Waals surface area contributed by atoms with Crippen LogP contribution in [0.5, 0.6) is 0 Å². The van der Waals surface area contributed by atoms with Gasteiger partial charge in [0.05, 0.1) is 0 Å². The number of pyridine rings is 1. The number of nitrogens with zero attached hydrogens (tertiary/aromatic N) is 2. The van der Waals surface area contributed by atoms with Gasteiger partial charge in [0.2, 0.25) is 10.0 Å². The van der Waals surface area contributed by atoms with E-state index >= 15 is 0 Å². The minimum absolute atomic E-state index is 0.00840. The Bertz CT molecular complexity index is 651. The largest absolute Gasteiger partial charge is 0.384 e. The standard InChI is InChI=1S/C15H20N2O3S/c1-12-5-3-6-13(2)17(12)21(19,20)15-9-14(7-4-8-18)10-16-11-15/h9-13,18H,3,5-6,8H2,1-2H3/t12-,13+. The number of piperidine rings is 1. The average molecular weight is 308 g/mol. The van der Waals surface area contributed by atoms with E-state index in [1.807, 2.05) is 13.8 Å². The van der Waals surface area contributed by atoms with Gasteiger partial charge in [0, 0.05) is 30.0 Å². The maximum atomic E-state index is 12.8. The first-order valence-corrected chi connectivity index (χ1v) is 8.49. The van der Waals surface area contributed by atoms with Gasteiger partial charge in [-0.3, -0.25) is 4.98 Å². The molecule has 2 heterocycles. The first-order chi connectivity index (χ1) is 9.96. The van der Waals surface area contributed by atoms with Crippen molar-refractivity contribution < 1.29 is 13.5 Å². The Hall–Kier alpha value is -1.42. The first kappa shape index (κ1) is 16.0. The number of aliphatic hydroxyl groups excluding tert-OH is 1. The molecule has 1 aromatic heterocycles. The summed E-state index contributed by atoms with van der Waals surface area (Å²) in [6, 6.07) is 1.50. The number of sulfonamides is 1. The van der Waals surface area contributed by atoms with Crippen molar-refractivity contribution in [1.82, 2.24) is 9.29 Å². The van der Waals surface area contributed by atoms with Gasteiger partial charge < -0.3 is 5.11 Å². The highest BCUT2D eigenvalue weighted by Gasteiger charge is 2.35. The van der Waals surface area contributed by atoms with Crippen LogP contribution in [0.2, 0.25) is 0 Å². The van der Waals surface area contributed by atoms with Crippen LogP contribution < -0.4 is 0 Å². The quantitative estimate of drug-likeness (QED) is 0.838. The minimum atomic E-state index is -3.57. The lowest BCUT2D eigenvalue weighted by atomic mass is 10.0. The first-order valence-electron chi connectivity index (χ1n) is 7.05. The maximum absolute atomic E-state index is 12.8. The van der Waals surface area contributed by atoms with Gasteiger partial charge in [-0.05, 0) is 32.8 Å². The molecule has 0 radical (unpaired) electrons. The van der Waals surface area contributed by atoms with Crippen molar-refractivity contribution in [3.63, 3.8) is 0 Å². The maximum Gasteiger partial charge on any atom is 0.245 e. The van der Waals surface area contributed by atoms with Crippen molar-refractivity contribution in [2.24, 2.45) is 0 Å². The van der Waals surface area contributed by atoms with E-state index in [0.717, 1.165) is 19.3 Å². The van der Waals surface area contributed by atoms with E-state index in [0.29, 0.717) is 5.56 Å². The fourth-order valence-electron chi connectivity index (χ4n) is 2.76. The normalized spacial score (nSPS) is 23.4. The topological polar surface area (TPSA) is 70.5 Å². The Labute approximate surface area is 126 Å². The summed E-state index contributed by atoms with van der Waals surface area (Å²) in [5.41, 5.74) is 0.488. The molecule has 21 heavy (non-hydrogen) atoms. The smallest absolute Gasteiger partial charge is 0.245 e. The highest BCUT2D eigenvalue weighted by atomic mass is 32.2. The number of aliphatic hydroxyl groups is 1. The molecule has 0 spiro atoms. The van der Waals surface area contributed by atoms with Crippen molar-refractivity contribution >= 4 is 10.0 Å². The fourth-order valence-corrected chi connectivity index (χ4v) is 4.63. The third-order valence-corrected chi connectivity index (χ3v) is 5.81. The fraction of sp³-hybridized carbons (Fsp3) is 0.533. The molecule has 5 nitrogen and oxygen atoms in total. The van der Waals surface area contributed by atoms with E-state index in [2.05, 4.69) is 16.8 Å². The third-order valence-electron chi connectivity index (χ3n) is 3.71. The Morgan fingerprint density at radius 1 is 1.33 bits per heavy atom. The monoisotopic (exact) mass is 308 g/mol. The molecule has 0 bridgehead atoms. The molecular formula is C15H20N2O3S. The van der Waals surface area contributed by atoms with Crippen molar-refractivity contribution in [1.29, 1.82) is 0 Å². The van der Waals surface area contributed by atoms with E-state index in [1.54, 1.807) is 4.31 Å². The second-order valence-electron chi connectivity index (χ2n) is 5.33. The molecule has 114 valence electrons. The van der Waals surface area contributed by atoms with Crippen LogP contribution in [0, 0.1) is 11.8 Å². The molecule has 1 saturated heterocycles. The van der Waals surface area contributed by atoms with Gasteiger partial charge in [-0.1, -0.05) is 18.3 Å². The van der Waals surface area contributed by atoms with Gasteiger partial charge in [0.15, 0.2) is 0 Å². The van der Waals surface area contributed by atoms with E-state index in [-0.39, 0.29) is 23.6 Å². The van der Waals surface area contributed by atoms with Gasteiger partial charge in [-0.15, -0.1) is 0 Å². The van der Waals surface area contributed by atoms with Crippen molar-refractivity contribution in [3.05, 3.63) is 24.0 Å². The number of aromatic nitrogens is 1. The molecule has 0 aromatic carbocycles. The molecule has 1 aliphatic rings. The summed E-state index contributed by atoms with van der Waals surface area (Å²) in [5.74, 6) is 5.18. The molecule has 1 fully saturated rings. The van der Waals surface area contributed by atoms with Gasteiger partial charge in [-0.25, -0.2) is 8.42 Å². The second-order valence-corrected chi connectivity index (χ2v) is 7.18. The lowest BCUT2D eigenvalue weighted by Gasteiger charge is -2.37. The van der Waals surface area contributed by atoms with E-state index in [4.69, 9.17) is 5.11 Å². The number of rotatable bonds is 2. The van der Waals surface area contributed by atoms with Crippen LogP contribution in [0.4, 0.5) is 0 Å². The van der Waals surface area contributed by atoms with E-state index in [1.165, 1.54) is 18.5 Å². The number of hydrogen-bond donors (Lipinski definition) is 1. The van der Waals surface area contributed by atoms with Crippen molar-refractivity contribution in [2.45, 2.75) is 50.1 Å². The van der Waals surface area contributed by atoms with Crippen LogP contribution in [0.3, 0.4) is 0 Å². The predicted octanol–water partition coefficient (Wildman–Crippen LogP) is 1.38. The molecule has 1 aliphatic heterocycles. The van der Waals surface area contributed by atoms with E-state index < -0.39 is 10.0 Å². The zero-order chi connectivity index (χ0) is 15.5. The van der Waals surface area contributed by atoms with Crippen LogP contribution in [-0.2, 0) is 10.0 Å². The van der Waals surface area contributed by atoms with Gasteiger partial charge in [-0.2, -0.15) is 4.31 Å². The Morgan fingerprint density at radius 2 is 2.00 bits per heavy atom. The molecule has 6 heteroatoms. The Morgan fingerprint density at radius 3 is 2.62 bits per heavy atom. The van der Waals surface area contributed by atoms with E-state index in [9.17, 15) is 8.42 Å². The lowest BCUT2D eigenvalue weighted by Crippen LogP contribution is -2.47. The molecule has 1 N–H and O–H groups in total. The average Bonchev–Trinajstić information content (AvgIpc) is 2.45. The zero-order valence-corrected chi connectivity index (χ0v) is 13.1. The summed E-state index contributed by atoms with van der Waals surface area (Å²) in [4.78, 5) is 4.12. The molecule has 2 rings (SSSR count). The van der Waals surface area contributed by atoms with Gasteiger partial charge in [0.25, 0.3) is 0 Å². The lowest BCUT2D eigenvalue weighted by molar-refractivity contribution is 0.204. The van der Waals surface area contributed by atoms with Crippen LogP contribution in [0.1, 0.15) is 38.7 Å². The Balaban J connectivity index is 2.39. The summed E-state index contributed by atoms with van der Waals surface area (Å²) in [6.07, 6.45) is 5.65. The Kier molecular flexibility index (Phi) is 4.99. The molecule has 0 unspecified atom stereocenters. The van der Waals surface area contributed by atoms with Crippen LogP contribution in [-0.4, -0.2) is 41.5 Å². The van der Waals surface area contributed by atoms with Crippen molar-refractivity contribution in [2.75, 3.05) is 6.61 Å². The molecule has 0 aliphatic carbocycles. The third kappa shape index (κ3) is 3.43. The summed E-state index contributed by atoms with van der Waals surface area (Å²) in [7, 11) is -3.57. The summed E-state index contributed by atoms with van der Waals surface area (Å²) >= 11 is 0. The molecule has 2 atom stereocenters. The molecule has 0 amide bonds. The molecule has 0 saturated carbocycles. The summed E-state index contributed by atoms with van der Waals surface area (Å²) in [6.45, 7) is 3.61. The highest BCUT2D eigenvalue weighted by molar-refractivity contribution is 7.89. The van der Waals surface area contributed by atoms with Crippen LogP contribution in [0.25, 0.3) is 0 Å². The summed E-state index contributed by atoms with van der Waals surface area (Å²) in [5, 5.41) is 8.71. The SMILES string of the molecule is C[C@@H]1CCC[C@H](C)N1S(=O)(=O)c1cncc(C#CCO)c1. The number of hydrogen-bond acceptors (Lipinski definition) is 4. The molecule has 1 aromatic rings. The second kappa shape index (κ2) is 6.56. The van der Waals surface area contributed by atoms with Crippen LogP contribution in [0.15, 0.2) is 23.4 Å². The van der Waals surface area contributed by atoms with Gasteiger partial charge >= 0.3 is 0 Å². The highest BCUT2D eigenvalue weighted by Crippen LogP contribution is 2.29. The van der Waals surface area contributed by atoms with Crippen molar-refractivity contribution in [3.8, 4) is 11.8 Å². The summed E-state index contributed by atoms with van der Waals surface area (Å²) < 4.78 is 27.2. The molecular weight excluding hydrogens is 288 g/mol. The van der Waals surface area contributed by atoms with Gasteiger partial charge in [0.1, 0.15) is 11.5 Å².